The molecule has 10 aromatic rings. The van der Waals surface area contributed by atoms with E-state index in [2.05, 4.69) is 201 Å². The van der Waals surface area contributed by atoms with Crippen LogP contribution in [0.5, 0.6) is 0 Å². The Hall–Kier alpha value is -6.98. The summed E-state index contributed by atoms with van der Waals surface area (Å²) in [5.74, 6) is 0. The molecule has 5 heteroatoms. The van der Waals surface area contributed by atoms with Gasteiger partial charge in [0.05, 0.1) is 39.6 Å². The van der Waals surface area contributed by atoms with Crippen LogP contribution < -0.4 is 9.25 Å². The SMILES string of the molecule is Cc1c(-c2ccc(/C=C/c3ccccc3)cc2)c(C)[n+]2n1-c1cccc3c1C21c2c(ccc4c5ccccc5n-3c24)-n2c3ccccc3c3ccc[n+]1c32. The number of para-hydroxylation sites is 2. The Balaban J connectivity index is 1.17. The Kier molecular flexibility index (Phi) is 5.14. The van der Waals surface area contributed by atoms with Gasteiger partial charge in [-0.25, -0.2) is 0 Å². The molecule has 0 aliphatic carbocycles. The van der Waals surface area contributed by atoms with Crippen molar-refractivity contribution in [2.45, 2.75) is 19.5 Å². The summed E-state index contributed by atoms with van der Waals surface area (Å²) in [6, 6.07) is 53.7. The Morgan fingerprint density at radius 2 is 1.17 bits per heavy atom. The highest BCUT2D eigenvalue weighted by Crippen LogP contribution is 2.54. The van der Waals surface area contributed by atoms with Gasteiger partial charge in [0.2, 0.25) is 5.69 Å². The summed E-state index contributed by atoms with van der Waals surface area (Å²) in [5, 5.41) is 5.10. The van der Waals surface area contributed by atoms with Crippen LogP contribution in [-0.2, 0) is 5.66 Å². The number of hydrogen-bond acceptors (Lipinski definition) is 0. The number of hydrogen-bond donors (Lipinski definition) is 0. The molecule has 0 bridgehead atoms. The third-order valence-electron chi connectivity index (χ3n) is 12.5. The van der Waals surface area contributed by atoms with E-state index in [0.717, 1.165) is 0 Å². The molecule has 0 N–H and O–H groups in total. The summed E-state index contributed by atoms with van der Waals surface area (Å²) in [6.07, 6.45) is 6.71. The first-order valence-corrected chi connectivity index (χ1v) is 18.8. The van der Waals surface area contributed by atoms with Gasteiger partial charge in [0.1, 0.15) is 22.3 Å². The van der Waals surface area contributed by atoms with Gasteiger partial charge in [0, 0.05) is 23.1 Å². The number of fused-ring (bicyclic) bond motifs is 10. The van der Waals surface area contributed by atoms with Gasteiger partial charge in [0.15, 0.2) is 5.69 Å². The van der Waals surface area contributed by atoms with Crippen LogP contribution in [0.15, 0.2) is 152 Å². The summed E-state index contributed by atoms with van der Waals surface area (Å²) < 4.78 is 12.8. The highest BCUT2D eigenvalue weighted by Gasteiger charge is 2.69. The molecule has 1 spiro atoms. The van der Waals surface area contributed by atoms with E-state index in [-0.39, 0.29) is 0 Å². The van der Waals surface area contributed by atoms with Crippen molar-refractivity contribution in [3.05, 3.63) is 185 Å². The van der Waals surface area contributed by atoms with Crippen molar-refractivity contribution in [3.63, 3.8) is 0 Å². The lowest BCUT2D eigenvalue weighted by atomic mass is 9.82. The maximum absolute atomic E-state index is 2.63. The molecule has 0 fully saturated rings. The number of aromatic nitrogens is 5. The second-order valence-corrected chi connectivity index (χ2v) is 15.1. The third-order valence-corrected chi connectivity index (χ3v) is 12.5. The smallest absolute Gasteiger partial charge is 0.307 e. The van der Waals surface area contributed by atoms with Crippen LogP contribution in [0, 0.1) is 13.8 Å². The van der Waals surface area contributed by atoms with E-state index in [4.69, 9.17) is 0 Å². The van der Waals surface area contributed by atoms with Crippen LogP contribution in [0.25, 0.3) is 84.1 Å². The number of pyridine rings is 1. The van der Waals surface area contributed by atoms with Crippen LogP contribution in [0.1, 0.15) is 33.6 Å². The lowest BCUT2D eigenvalue weighted by Crippen LogP contribution is -2.77. The van der Waals surface area contributed by atoms with Crippen LogP contribution >= 0.6 is 0 Å². The van der Waals surface area contributed by atoms with Crippen LogP contribution in [0.3, 0.4) is 0 Å². The fourth-order valence-electron chi connectivity index (χ4n) is 10.6. The van der Waals surface area contributed by atoms with Gasteiger partial charge in [-0.3, -0.25) is 0 Å². The molecule has 7 heterocycles. The number of nitrogens with zero attached hydrogens (tertiary/aromatic N) is 5. The van der Waals surface area contributed by atoms with Gasteiger partial charge < -0.3 is 4.57 Å². The van der Waals surface area contributed by atoms with E-state index in [1.165, 1.54) is 106 Å². The molecule has 54 heavy (non-hydrogen) atoms. The van der Waals surface area contributed by atoms with E-state index in [1.54, 1.807) is 0 Å². The van der Waals surface area contributed by atoms with E-state index in [9.17, 15) is 0 Å². The van der Waals surface area contributed by atoms with Gasteiger partial charge in [-0.05, 0) is 78.2 Å². The molecule has 3 aliphatic rings. The Labute approximate surface area is 311 Å². The minimum Gasteiger partial charge on any atom is -0.307 e. The van der Waals surface area contributed by atoms with Crippen LogP contribution in [0.4, 0.5) is 0 Å². The summed E-state index contributed by atoms with van der Waals surface area (Å²) in [7, 11) is 0. The normalized spacial score (nSPS) is 16.0. The van der Waals surface area contributed by atoms with Crippen molar-refractivity contribution in [3.8, 4) is 28.2 Å². The summed E-state index contributed by atoms with van der Waals surface area (Å²) >= 11 is 0. The first-order chi connectivity index (χ1) is 26.7. The average Bonchev–Trinajstić information content (AvgIpc) is 3.92. The maximum Gasteiger partial charge on any atom is 0.394 e. The quantitative estimate of drug-likeness (QED) is 0.130. The average molecular weight is 692 g/mol. The van der Waals surface area contributed by atoms with Crippen molar-refractivity contribution in [1.82, 2.24) is 13.8 Å². The zero-order chi connectivity index (χ0) is 35.4. The van der Waals surface area contributed by atoms with Gasteiger partial charge in [-0.15, -0.1) is 4.68 Å². The fourth-order valence-corrected chi connectivity index (χ4v) is 10.6. The van der Waals surface area contributed by atoms with E-state index in [1.807, 2.05) is 0 Å². The lowest BCUT2D eigenvalue weighted by molar-refractivity contribution is -0.989. The van der Waals surface area contributed by atoms with Crippen LogP contribution in [-0.4, -0.2) is 13.8 Å². The maximum atomic E-state index is 2.63. The van der Waals surface area contributed by atoms with Gasteiger partial charge in [-0.1, -0.05) is 108 Å². The molecule has 252 valence electrons. The Morgan fingerprint density at radius 1 is 0.519 bits per heavy atom. The Bertz CT molecular complexity index is 3340. The molecular weight excluding hydrogens is 659 g/mol. The zero-order valence-corrected chi connectivity index (χ0v) is 29.8. The third kappa shape index (κ3) is 3.13. The predicted octanol–water partition coefficient (Wildman–Crippen LogP) is 9.94. The molecular formula is C49H33N5+2. The monoisotopic (exact) mass is 691 g/mol. The largest absolute Gasteiger partial charge is 0.394 e. The highest BCUT2D eigenvalue weighted by molar-refractivity contribution is 6.14. The molecule has 3 aliphatic heterocycles. The first kappa shape index (κ1) is 28.6. The molecule has 0 amide bonds. The second-order valence-electron chi connectivity index (χ2n) is 15.1. The molecule has 6 aromatic carbocycles. The second kappa shape index (κ2) is 9.71. The summed E-state index contributed by atoms with van der Waals surface area (Å²) in [6.45, 7) is 4.63. The summed E-state index contributed by atoms with van der Waals surface area (Å²) in [5.41, 5.74) is 18.0. The van der Waals surface area contributed by atoms with Gasteiger partial charge in [0.25, 0.3) is 0 Å². The standard InChI is InChI=1S/C49H33N5/c1-30-44(34-25-23-33(24-26-34)22-21-32-12-4-3-5-13-32)31(2)54-49-45-41(19-10-20-43(45)53(30)54)51-39-17-8-6-14-35(39)37-27-28-42(46(49)47(37)51)52-40-18-9-7-15-36(40)38-16-11-29-50(49)48(38)52/h3-29H,1-2H3/q+2/b22-21+. The molecule has 0 radical (unpaired) electrons. The molecule has 1 unspecified atom stereocenters. The van der Waals surface area contributed by atoms with Gasteiger partial charge >= 0.3 is 11.3 Å². The molecule has 13 rings (SSSR count). The van der Waals surface area contributed by atoms with E-state index >= 15 is 0 Å². The molecule has 1 atom stereocenters. The van der Waals surface area contributed by atoms with Gasteiger partial charge in [-0.2, -0.15) is 9.13 Å². The van der Waals surface area contributed by atoms with Crippen LogP contribution in [0.2, 0.25) is 0 Å². The molecule has 5 nitrogen and oxygen atoms in total. The minimum absolute atomic E-state index is 0.680. The molecule has 4 aromatic heterocycles. The predicted molar refractivity (Wildman–Crippen MR) is 217 cm³/mol. The molecule has 0 saturated carbocycles. The fraction of sp³-hybridized carbons (Fsp3) is 0.0612. The summed E-state index contributed by atoms with van der Waals surface area (Å²) in [4.78, 5) is 0. The van der Waals surface area contributed by atoms with E-state index in [0.29, 0.717) is 0 Å². The van der Waals surface area contributed by atoms with Crippen molar-refractivity contribution < 1.29 is 9.25 Å². The van der Waals surface area contributed by atoms with Crippen molar-refractivity contribution in [1.29, 1.82) is 0 Å². The highest BCUT2D eigenvalue weighted by atomic mass is 15.5. The van der Waals surface area contributed by atoms with Crippen molar-refractivity contribution in [2.24, 2.45) is 0 Å². The van der Waals surface area contributed by atoms with Crippen molar-refractivity contribution >= 4 is 55.9 Å². The molecule has 0 saturated heterocycles. The minimum atomic E-state index is -0.680. The first-order valence-electron chi connectivity index (χ1n) is 18.8. The van der Waals surface area contributed by atoms with Crippen molar-refractivity contribution in [2.75, 3.05) is 0 Å². The number of rotatable bonds is 3. The van der Waals surface area contributed by atoms with E-state index < -0.39 is 5.66 Å². The topological polar surface area (TPSA) is 22.5 Å². The zero-order valence-electron chi connectivity index (χ0n) is 29.8. The lowest BCUT2D eigenvalue weighted by Gasteiger charge is -2.33. The number of benzene rings is 6. The Morgan fingerprint density at radius 3 is 1.96 bits per heavy atom.